The molecule has 0 aromatic heterocycles. The van der Waals surface area contributed by atoms with E-state index in [-0.39, 0.29) is 39.2 Å². The fourth-order valence-corrected chi connectivity index (χ4v) is 4.21. The number of carbonyl (C=O) groups is 2. The average molecular weight is 327 g/mol. The van der Waals surface area contributed by atoms with Crippen LogP contribution in [0.4, 0.5) is 0 Å². The zero-order valence-electron chi connectivity index (χ0n) is 8.44. The largest absolute Gasteiger partial charge is 0.456 e. The van der Waals surface area contributed by atoms with E-state index in [1.54, 1.807) is 0 Å². The summed E-state index contributed by atoms with van der Waals surface area (Å²) in [6, 6.07) is 0. The van der Waals surface area contributed by atoms with E-state index in [2.05, 4.69) is 0 Å². The molecule has 2 rings (SSSR count). The minimum Gasteiger partial charge on any atom is -0.456 e. The summed E-state index contributed by atoms with van der Waals surface area (Å²) in [5, 5.41) is 0. The number of rotatable bonds is 2. The highest BCUT2D eigenvalue weighted by Gasteiger charge is 2.71. The van der Waals surface area contributed by atoms with E-state index < -0.39 is 6.10 Å². The van der Waals surface area contributed by atoms with Gasteiger partial charge in [0.25, 0.3) is 3.92 Å². The fraction of sp³-hybridized carbons (Fsp3) is 0.778. The second-order valence-corrected chi connectivity index (χ2v) is 6.86. The van der Waals surface area contributed by atoms with Crippen LogP contribution >= 0.6 is 0 Å². The molecule has 6 heteroatoms. The van der Waals surface area contributed by atoms with Gasteiger partial charge in [0.2, 0.25) is 0 Å². The molecule has 0 aliphatic carbocycles. The van der Waals surface area contributed by atoms with E-state index in [9.17, 15) is 9.59 Å². The van der Waals surface area contributed by atoms with Gasteiger partial charge in [-0.2, -0.15) is 0 Å². The average Bonchev–Trinajstić information content (AvgIpc) is 2.86. The summed E-state index contributed by atoms with van der Waals surface area (Å²) in [5.41, 5.74) is 0. The summed E-state index contributed by atoms with van der Waals surface area (Å²) >= 11 is -0.0455. The van der Waals surface area contributed by atoms with Crippen molar-refractivity contribution in [3.05, 3.63) is 0 Å². The number of hydrogen-bond donors (Lipinski definition) is 0. The molecule has 0 N–H and O–H groups in total. The molecular formula is C9H12IO5+. The van der Waals surface area contributed by atoms with Crippen LogP contribution in [0, 0.1) is 0 Å². The molecule has 2 fully saturated rings. The van der Waals surface area contributed by atoms with Crippen LogP contribution in [0.2, 0.25) is 0 Å². The highest BCUT2D eigenvalue weighted by molar-refractivity contribution is 5.67. The Bertz CT molecular complexity index is 292. The fourth-order valence-electron chi connectivity index (χ4n) is 1.58. The maximum absolute atomic E-state index is 10.9. The third kappa shape index (κ3) is 2.60. The summed E-state index contributed by atoms with van der Waals surface area (Å²) in [6.45, 7) is 3.06. The molecule has 0 radical (unpaired) electrons. The van der Waals surface area contributed by atoms with E-state index in [4.69, 9.17) is 14.2 Å². The molecule has 2 saturated heterocycles. The smallest absolute Gasteiger partial charge is 0.324 e. The predicted octanol–water partition coefficient (Wildman–Crippen LogP) is -3.32. The standard InChI is InChI=1S/C9H12IO5/c1-4(11)14-6-3-13-9-7(10-9)8(6)15-5(2)12/h6-9H,3H2,1-2H3/q+1. The second kappa shape index (κ2) is 4.25. The Kier molecular flexibility index (Phi) is 3.15. The monoisotopic (exact) mass is 327 g/mol. The van der Waals surface area contributed by atoms with Crippen molar-refractivity contribution in [2.24, 2.45) is 0 Å². The van der Waals surface area contributed by atoms with Gasteiger partial charge in [-0.25, -0.2) is 0 Å². The number of hydrogen-bond acceptors (Lipinski definition) is 5. The molecule has 4 unspecified atom stereocenters. The minimum absolute atomic E-state index is 0.0455. The first-order valence-corrected chi connectivity index (χ1v) is 7.15. The Hall–Kier alpha value is -0.370. The topological polar surface area (TPSA) is 61.8 Å². The van der Waals surface area contributed by atoms with Gasteiger partial charge < -0.3 is 14.2 Å². The molecule has 0 saturated carbocycles. The van der Waals surface area contributed by atoms with Gasteiger partial charge in [-0.1, -0.05) is 0 Å². The van der Waals surface area contributed by atoms with Gasteiger partial charge in [0.05, 0.1) is 6.61 Å². The van der Waals surface area contributed by atoms with Crippen LogP contribution in [0.3, 0.4) is 0 Å². The molecule has 5 nitrogen and oxygen atoms in total. The van der Waals surface area contributed by atoms with E-state index in [1.165, 1.54) is 13.8 Å². The quantitative estimate of drug-likeness (QED) is 0.302. The number of alkyl halides is 2. The van der Waals surface area contributed by atoms with Crippen molar-refractivity contribution >= 4 is 11.9 Å². The summed E-state index contributed by atoms with van der Waals surface area (Å²) in [4.78, 5) is 21.8. The molecule has 84 valence electrons. The molecular weight excluding hydrogens is 315 g/mol. The van der Waals surface area contributed by atoms with E-state index in [0.717, 1.165) is 0 Å². The molecule has 4 atom stereocenters. The zero-order valence-corrected chi connectivity index (χ0v) is 10.6. The van der Waals surface area contributed by atoms with Crippen molar-refractivity contribution < 1.29 is 45.0 Å². The third-order valence-corrected chi connectivity index (χ3v) is 5.38. The van der Waals surface area contributed by atoms with Crippen molar-refractivity contribution in [3.8, 4) is 0 Å². The number of esters is 2. The number of ether oxygens (including phenoxy) is 3. The van der Waals surface area contributed by atoms with Crippen LogP contribution in [-0.4, -0.2) is 38.8 Å². The first-order chi connectivity index (χ1) is 7.08. The molecule has 0 bridgehead atoms. The molecule has 2 aliphatic heterocycles. The second-order valence-electron chi connectivity index (χ2n) is 3.48. The van der Waals surface area contributed by atoms with Gasteiger partial charge in [0.1, 0.15) is 0 Å². The minimum atomic E-state index is -0.421. The van der Waals surface area contributed by atoms with Crippen molar-refractivity contribution in [1.82, 2.24) is 0 Å². The van der Waals surface area contributed by atoms with Crippen LogP contribution in [0.1, 0.15) is 13.8 Å². The lowest BCUT2D eigenvalue weighted by atomic mass is 10.1. The Morgan fingerprint density at radius 1 is 1.27 bits per heavy atom. The van der Waals surface area contributed by atoms with Crippen LogP contribution in [0.25, 0.3) is 0 Å². The van der Waals surface area contributed by atoms with Gasteiger partial charge in [0.15, 0.2) is 12.2 Å². The van der Waals surface area contributed by atoms with Gasteiger partial charge in [-0.3, -0.25) is 9.59 Å². The SMILES string of the molecule is CC(=O)OC1COC2[I+]C2C1OC(C)=O. The van der Waals surface area contributed by atoms with Crippen molar-refractivity contribution in [3.63, 3.8) is 0 Å². The number of carbonyl (C=O) groups excluding carboxylic acids is 2. The molecule has 0 aromatic rings. The summed E-state index contributed by atoms with van der Waals surface area (Å²) in [6.07, 6.45) is -0.701. The zero-order chi connectivity index (χ0) is 11.0. The maximum Gasteiger partial charge on any atom is 0.324 e. The Balaban J connectivity index is 1.99. The molecule has 0 spiro atoms. The van der Waals surface area contributed by atoms with E-state index in [0.29, 0.717) is 14.6 Å². The highest BCUT2D eigenvalue weighted by Crippen LogP contribution is 2.19. The number of halogens is 1. The van der Waals surface area contributed by atoms with Crippen LogP contribution < -0.4 is 21.2 Å². The van der Waals surface area contributed by atoms with Gasteiger partial charge in [-0.15, -0.1) is 0 Å². The molecule has 2 aliphatic rings. The van der Waals surface area contributed by atoms with Crippen molar-refractivity contribution in [1.29, 1.82) is 0 Å². The highest BCUT2D eigenvalue weighted by atomic mass is 127. The maximum atomic E-state index is 10.9. The first-order valence-electron chi connectivity index (χ1n) is 4.66. The van der Waals surface area contributed by atoms with Gasteiger partial charge >= 0.3 is 37.3 Å². The molecule has 15 heavy (non-hydrogen) atoms. The van der Waals surface area contributed by atoms with E-state index in [1.807, 2.05) is 0 Å². The van der Waals surface area contributed by atoms with Crippen LogP contribution in [0.15, 0.2) is 0 Å². The Morgan fingerprint density at radius 3 is 2.53 bits per heavy atom. The molecule has 2 heterocycles. The van der Waals surface area contributed by atoms with Gasteiger partial charge in [0, 0.05) is 13.8 Å². The Labute approximate surface area is 97.7 Å². The summed E-state index contributed by atoms with van der Waals surface area (Å²) < 4.78 is 16.3. The molecule has 0 amide bonds. The predicted molar refractivity (Wildman–Crippen MR) is 44.6 cm³/mol. The van der Waals surface area contributed by atoms with Crippen LogP contribution in [-0.2, 0) is 23.8 Å². The summed E-state index contributed by atoms with van der Waals surface area (Å²) in [5.74, 6) is -0.688. The lowest BCUT2D eigenvalue weighted by molar-refractivity contribution is -0.543. The Morgan fingerprint density at radius 2 is 1.93 bits per heavy atom. The van der Waals surface area contributed by atoms with Crippen molar-refractivity contribution in [2.45, 2.75) is 34.1 Å². The normalized spacial score (nSPS) is 37.7. The lowest BCUT2D eigenvalue weighted by Gasteiger charge is -2.25. The lowest BCUT2D eigenvalue weighted by Crippen LogP contribution is -3.50. The third-order valence-electron chi connectivity index (χ3n) is 2.17. The summed E-state index contributed by atoms with van der Waals surface area (Å²) in [7, 11) is 0. The van der Waals surface area contributed by atoms with Crippen molar-refractivity contribution in [2.75, 3.05) is 6.61 Å². The first kappa shape index (κ1) is 11.1. The number of fused-ring (bicyclic) bond motifs is 1. The van der Waals surface area contributed by atoms with Crippen LogP contribution in [0.5, 0.6) is 0 Å². The molecule has 0 aromatic carbocycles. The van der Waals surface area contributed by atoms with Gasteiger partial charge in [-0.05, 0) is 0 Å². The van der Waals surface area contributed by atoms with E-state index >= 15 is 0 Å².